The Kier molecular flexibility index (Phi) is 33.5. The van der Waals surface area contributed by atoms with Gasteiger partial charge in [-0.3, -0.25) is 4.79 Å². The second kappa shape index (κ2) is 37.3. The monoisotopic (exact) mass is 1020 g/mol. The van der Waals surface area contributed by atoms with E-state index in [1.165, 1.54) is 109 Å². The molecule has 0 aromatic rings. The predicted molar refractivity (Wildman–Crippen MR) is 263 cm³/mol. The number of aliphatic hydroxyl groups excluding tert-OH is 11. The highest BCUT2D eigenvalue weighted by molar-refractivity contribution is 5.76. The van der Waals surface area contributed by atoms with Crippen molar-refractivity contribution in [2.24, 2.45) is 0 Å². The Morgan fingerprint density at radius 1 is 0.493 bits per heavy atom. The Balaban J connectivity index is 1.51. The van der Waals surface area contributed by atoms with E-state index in [2.05, 4.69) is 19.2 Å². The Hall–Kier alpha value is -1.47. The molecule has 3 fully saturated rings. The molecule has 19 nitrogen and oxygen atoms in total. The van der Waals surface area contributed by atoms with Gasteiger partial charge >= 0.3 is 0 Å². The fourth-order valence-corrected chi connectivity index (χ4v) is 9.48. The van der Waals surface area contributed by atoms with Crippen LogP contribution in [0.1, 0.15) is 181 Å². The number of hydrogen-bond acceptors (Lipinski definition) is 18. The van der Waals surface area contributed by atoms with Gasteiger partial charge in [0.1, 0.15) is 73.2 Å². The third kappa shape index (κ3) is 22.7. The molecule has 0 bridgehead atoms. The van der Waals surface area contributed by atoms with Gasteiger partial charge in [-0.2, -0.15) is 0 Å². The largest absolute Gasteiger partial charge is 0.394 e. The van der Waals surface area contributed by atoms with Gasteiger partial charge in [0.2, 0.25) is 5.91 Å². The first kappa shape index (κ1) is 63.8. The van der Waals surface area contributed by atoms with Crippen LogP contribution in [0.25, 0.3) is 0 Å². The summed E-state index contributed by atoms with van der Waals surface area (Å²) < 4.78 is 34.1. The van der Waals surface area contributed by atoms with Gasteiger partial charge in [0, 0.05) is 6.42 Å². The third-order valence-corrected chi connectivity index (χ3v) is 14.1. The highest BCUT2D eigenvalue weighted by Gasteiger charge is 2.53. The highest BCUT2D eigenvalue weighted by Crippen LogP contribution is 2.33. The van der Waals surface area contributed by atoms with Gasteiger partial charge in [0.25, 0.3) is 0 Å². The molecular formula is C52H97NO18. The topological polar surface area (TPSA) is 307 Å². The van der Waals surface area contributed by atoms with Crippen LogP contribution in [0.4, 0.5) is 0 Å². The summed E-state index contributed by atoms with van der Waals surface area (Å²) in [5, 5.41) is 120. The number of nitrogens with one attached hydrogen (secondary N) is 1. The zero-order valence-corrected chi connectivity index (χ0v) is 43.0. The molecule has 3 aliphatic heterocycles. The molecule has 0 radical (unpaired) electrons. The van der Waals surface area contributed by atoms with Crippen molar-refractivity contribution >= 4 is 5.91 Å². The van der Waals surface area contributed by atoms with Crippen molar-refractivity contribution in [2.75, 3.05) is 26.4 Å². The van der Waals surface area contributed by atoms with Crippen LogP contribution in [-0.4, -0.2) is 193 Å². The second-order valence-electron chi connectivity index (χ2n) is 20.1. The summed E-state index contributed by atoms with van der Waals surface area (Å²) in [6.45, 7) is 1.67. The Morgan fingerprint density at radius 3 is 1.32 bits per heavy atom. The van der Waals surface area contributed by atoms with Crippen LogP contribution in [0.3, 0.4) is 0 Å². The number of unbranched alkanes of at least 4 members (excludes halogenated alkanes) is 23. The number of amides is 1. The molecule has 0 aromatic carbocycles. The summed E-state index contributed by atoms with van der Waals surface area (Å²) in [7, 11) is 0. The van der Waals surface area contributed by atoms with Gasteiger partial charge < -0.3 is 89.9 Å². The van der Waals surface area contributed by atoms with E-state index in [4.69, 9.17) is 28.4 Å². The summed E-state index contributed by atoms with van der Waals surface area (Å²) in [5.74, 6) is -0.277. The lowest BCUT2D eigenvalue weighted by atomic mass is 9.96. The van der Waals surface area contributed by atoms with Crippen LogP contribution >= 0.6 is 0 Å². The summed E-state index contributed by atoms with van der Waals surface area (Å²) in [6, 6.07) is -0.964. The van der Waals surface area contributed by atoms with E-state index in [1.54, 1.807) is 6.08 Å². The van der Waals surface area contributed by atoms with Crippen molar-refractivity contribution in [1.29, 1.82) is 0 Å². The molecule has 17 unspecified atom stereocenters. The maximum absolute atomic E-state index is 13.2. The molecule has 418 valence electrons. The maximum atomic E-state index is 13.2. The van der Waals surface area contributed by atoms with Gasteiger partial charge in [0.15, 0.2) is 18.9 Å². The van der Waals surface area contributed by atoms with E-state index < -0.39 is 124 Å². The lowest BCUT2D eigenvalue weighted by molar-refractivity contribution is -0.379. The van der Waals surface area contributed by atoms with E-state index in [9.17, 15) is 61.0 Å². The fraction of sp³-hybridized carbons (Fsp3) is 0.942. The van der Waals surface area contributed by atoms with Gasteiger partial charge in [-0.25, -0.2) is 0 Å². The molecule has 12 N–H and O–H groups in total. The lowest BCUT2D eigenvalue weighted by Gasteiger charge is -2.48. The van der Waals surface area contributed by atoms with Crippen molar-refractivity contribution < 1.29 is 89.4 Å². The standard InChI is InChI=1S/C52H97NO18/c1-3-5-7-9-11-13-14-15-16-17-18-19-20-22-24-26-28-30-40(58)53-35(36(57)29-27-25-23-21-12-10-8-6-4-2)34-66-50-46(64)43(61)48(38(32-55)68-50)71-52-47(65)44(62)49(39(33-56)69-52)70-51-45(63)42(60)41(59)37(31-54)67-51/h27,29,35-39,41-52,54-57,59-65H,3-26,28,30-34H2,1-2H3,(H,53,58)/b29-27+. The molecule has 0 spiro atoms. The molecule has 0 aromatic heterocycles. The fourth-order valence-electron chi connectivity index (χ4n) is 9.48. The average Bonchev–Trinajstić information content (AvgIpc) is 3.36. The van der Waals surface area contributed by atoms with Crippen molar-refractivity contribution in [3.63, 3.8) is 0 Å². The molecule has 3 rings (SSSR count). The summed E-state index contributed by atoms with van der Waals surface area (Å²) in [6.07, 6.45) is 6.51. The first-order valence-electron chi connectivity index (χ1n) is 27.4. The molecule has 3 aliphatic rings. The molecule has 17 atom stereocenters. The number of rotatable bonds is 39. The lowest BCUT2D eigenvalue weighted by Crippen LogP contribution is -2.66. The minimum atomic E-state index is -1.97. The van der Waals surface area contributed by atoms with Crippen LogP contribution in [-0.2, 0) is 33.2 Å². The molecule has 3 heterocycles. The molecule has 3 saturated heterocycles. The Labute approximate surface area is 423 Å². The van der Waals surface area contributed by atoms with E-state index >= 15 is 0 Å². The Bertz CT molecular complexity index is 1360. The quantitative estimate of drug-likeness (QED) is 0.0311. The predicted octanol–water partition coefficient (Wildman–Crippen LogP) is 3.04. The smallest absolute Gasteiger partial charge is 0.220 e. The zero-order valence-electron chi connectivity index (χ0n) is 43.0. The van der Waals surface area contributed by atoms with E-state index in [0.29, 0.717) is 6.42 Å². The summed E-state index contributed by atoms with van der Waals surface area (Å²) in [5.41, 5.74) is 0. The first-order chi connectivity index (χ1) is 34.3. The van der Waals surface area contributed by atoms with Crippen LogP contribution in [0.5, 0.6) is 0 Å². The van der Waals surface area contributed by atoms with Crippen LogP contribution in [0.15, 0.2) is 12.2 Å². The zero-order chi connectivity index (χ0) is 52.0. The molecule has 71 heavy (non-hydrogen) atoms. The van der Waals surface area contributed by atoms with Crippen molar-refractivity contribution in [1.82, 2.24) is 5.32 Å². The third-order valence-electron chi connectivity index (χ3n) is 14.1. The van der Waals surface area contributed by atoms with E-state index in [1.807, 2.05) is 6.08 Å². The molecule has 19 heteroatoms. The number of carbonyl (C=O) groups excluding carboxylic acids is 1. The first-order valence-corrected chi connectivity index (χ1v) is 27.4. The van der Waals surface area contributed by atoms with Crippen LogP contribution < -0.4 is 5.32 Å². The Morgan fingerprint density at radius 2 is 0.873 bits per heavy atom. The molecular weight excluding hydrogens is 927 g/mol. The van der Waals surface area contributed by atoms with Crippen molar-refractivity contribution in [3.05, 3.63) is 12.2 Å². The van der Waals surface area contributed by atoms with Crippen molar-refractivity contribution in [3.8, 4) is 0 Å². The van der Waals surface area contributed by atoms with E-state index in [-0.39, 0.29) is 18.9 Å². The normalized spacial score (nSPS) is 32.3. The molecule has 1 amide bonds. The number of ether oxygens (including phenoxy) is 6. The SMILES string of the molecule is CCCCCCCCC/C=C/C(O)C(COC1OC(CO)C(OC2OC(CO)C(OC3OC(CO)C(O)C(O)C3O)C(O)C2O)C(O)C1O)NC(=O)CCCCCCCCCCCCCCCCCCC. The van der Waals surface area contributed by atoms with Gasteiger partial charge in [-0.05, 0) is 19.3 Å². The highest BCUT2D eigenvalue weighted by atomic mass is 16.8. The minimum Gasteiger partial charge on any atom is -0.394 e. The summed E-state index contributed by atoms with van der Waals surface area (Å²) in [4.78, 5) is 13.2. The molecule has 0 saturated carbocycles. The van der Waals surface area contributed by atoms with E-state index in [0.717, 1.165) is 44.9 Å². The van der Waals surface area contributed by atoms with Crippen LogP contribution in [0, 0.1) is 0 Å². The van der Waals surface area contributed by atoms with Gasteiger partial charge in [-0.15, -0.1) is 0 Å². The van der Waals surface area contributed by atoms with Gasteiger partial charge in [-0.1, -0.05) is 167 Å². The number of carbonyl (C=O) groups is 1. The number of hydrogen-bond donors (Lipinski definition) is 12. The number of allylic oxidation sites excluding steroid dienone is 1. The number of aliphatic hydroxyl groups is 11. The summed E-state index contributed by atoms with van der Waals surface area (Å²) >= 11 is 0. The second-order valence-corrected chi connectivity index (χ2v) is 20.1. The maximum Gasteiger partial charge on any atom is 0.220 e. The minimum absolute atomic E-state index is 0.248. The average molecular weight is 1020 g/mol. The van der Waals surface area contributed by atoms with Crippen LogP contribution in [0.2, 0.25) is 0 Å². The van der Waals surface area contributed by atoms with Crippen molar-refractivity contribution in [2.45, 2.75) is 285 Å². The van der Waals surface area contributed by atoms with Gasteiger partial charge in [0.05, 0.1) is 38.6 Å². The molecule has 0 aliphatic carbocycles.